The summed E-state index contributed by atoms with van der Waals surface area (Å²) >= 11 is 0. The molecular weight excluding hydrogens is 488 g/mol. The van der Waals surface area contributed by atoms with Crippen molar-refractivity contribution in [1.82, 2.24) is 0 Å². The second-order valence-corrected chi connectivity index (χ2v) is 9.19. The number of rotatable bonds is 4. The van der Waals surface area contributed by atoms with Crippen molar-refractivity contribution in [2.24, 2.45) is 0 Å². The first-order valence-electron chi connectivity index (χ1n) is 11.9. The Balaban J connectivity index is 2.22. The monoisotopic (exact) mass is 512 g/mol. The quantitative estimate of drug-likeness (QED) is 0.239. The summed E-state index contributed by atoms with van der Waals surface area (Å²) in [7, 11) is 0. The highest BCUT2D eigenvalue weighted by atomic mass is 16.5. The van der Waals surface area contributed by atoms with E-state index in [2.05, 4.69) is 0 Å². The van der Waals surface area contributed by atoms with Gasteiger partial charge in [0.15, 0.2) is 0 Å². The minimum atomic E-state index is -0.561. The van der Waals surface area contributed by atoms with Crippen molar-refractivity contribution in [3.05, 3.63) is 68.4 Å². The van der Waals surface area contributed by atoms with Crippen LogP contribution in [-0.2, 0) is 19.2 Å². The van der Waals surface area contributed by atoms with E-state index < -0.39 is 23.9 Å². The molecule has 0 bridgehead atoms. The molecule has 0 aliphatic heterocycles. The molecule has 0 fully saturated rings. The zero-order valence-corrected chi connectivity index (χ0v) is 21.7. The van der Waals surface area contributed by atoms with Gasteiger partial charge in [-0.05, 0) is 25.0 Å². The molecule has 0 amide bonds. The fourth-order valence-corrected chi connectivity index (χ4v) is 5.17. The molecule has 0 unspecified atom stereocenters. The van der Waals surface area contributed by atoms with Crippen LogP contribution in [0, 0.1) is 34.7 Å². The van der Waals surface area contributed by atoms with Crippen LogP contribution in [0.4, 0.5) is 0 Å². The molecule has 8 heteroatoms. The molecule has 5 rings (SSSR count). The molecule has 0 saturated carbocycles. The number of carbonyl (C=O) groups excluding carboxylic acids is 4. The molecule has 0 saturated heterocycles. The first kappa shape index (κ1) is 25.0. The van der Waals surface area contributed by atoms with Crippen molar-refractivity contribution in [3.63, 3.8) is 0 Å². The number of aryl methyl sites for hydroxylation is 2. The summed E-state index contributed by atoms with van der Waals surface area (Å²) in [5.41, 5.74) is 1.55. The molecule has 0 N–H and O–H groups in total. The highest BCUT2D eigenvalue weighted by Gasteiger charge is 2.29. The van der Waals surface area contributed by atoms with Gasteiger partial charge in [-0.15, -0.1) is 0 Å². The largest absolute Gasteiger partial charge is 0.425 e. The lowest BCUT2D eigenvalue weighted by molar-refractivity contribution is -0.133. The lowest BCUT2D eigenvalue weighted by Gasteiger charge is -2.23. The van der Waals surface area contributed by atoms with Crippen molar-refractivity contribution in [1.29, 1.82) is 0 Å². The van der Waals surface area contributed by atoms with Crippen LogP contribution in [0.15, 0.2) is 36.4 Å². The van der Waals surface area contributed by atoms with Crippen LogP contribution in [0.25, 0.3) is 21.5 Å². The van der Waals surface area contributed by atoms with Crippen LogP contribution in [-0.4, -0.2) is 23.9 Å². The summed E-state index contributed by atoms with van der Waals surface area (Å²) in [4.78, 5) is 49.2. The average Bonchev–Trinajstić information content (AvgIpc) is 2.78. The Hall–Kier alpha value is -4.72. The van der Waals surface area contributed by atoms with Gasteiger partial charge in [-0.25, -0.2) is 0 Å². The molecule has 0 aromatic heterocycles. The van der Waals surface area contributed by atoms with Gasteiger partial charge >= 0.3 is 23.9 Å². The fourth-order valence-electron chi connectivity index (χ4n) is 5.17. The van der Waals surface area contributed by atoms with Crippen LogP contribution in [0.5, 0.6) is 23.0 Å². The van der Waals surface area contributed by atoms with Crippen molar-refractivity contribution in [2.75, 3.05) is 0 Å². The van der Waals surface area contributed by atoms with Gasteiger partial charge in [0, 0.05) is 70.1 Å². The predicted molar refractivity (Wildman–Crippen MR) is 138 cm³/mol. The summed E-state index contributed by atoms with van der Waals surface area (Å²) < 4.78 is 23.1. The Morgan fingerprint density at radius 1 is 0.474 bits per heavy atom. The Kier molecular flexibility index (Phi) is 5.90. The average molecular weight is 513 g/mol. The van der Waals surface area contributed by atoms with Crippen LogP contribution >= 0.6 is 0 Å². The third-order valence-corrected chi connectivity index (χ3v) is 6.38. The van der Waals surface area contributed by atoms with Crippen molar-refractivity contribution in [2.45, 2.75) is 41.5 Å². The second kappa shape index (κ2) is 8.99. The van der Waals surface area contributed by atoms with Crippen LogP contribution in [0.3, 0.4) is 0 Å². The third kappa shape index (κ3) is 3.76. The number of benzene rings is 4. The van der Waals surface area contributed by atoms with Crippen LogP contribution in [0.1, 0.15) is 38.8 Å². The Morgan fingerprint density at radius 3 is 1.08 bits per heavy atom. The molecule has 1 aliphatic carbocycles. The van der Waals surface area contributed by atoms with Gasteiger partial charge in [-0.1, -0.05) is 36.4 Å². The Labute approximate surface area is 216 Å². The number of esters is 4. The van der Waals surface area contributed by atoms with Crippen molar-refractivity contribution >= 4 is 45.4 Å². The van der Waals surface area contributed by atoms with E-state index in [0.29, 0.717) is 42.4 Å². The maximum absolute atomic E-state index is 12.3. The molecule has 1 aliphatic rings. The summed E-state index contributed by atoms with van der Waals surface area (Å²) in [6, 6.07) is 10.8. The summed E-state index contributed by atoms with van der Waals surface area (Å²) in [6.07, 6.45) is 0. The zero-order valence-electron chi connectivity index (χ0n) is 21.7. The summed E-state index contributed by atoms with van der Waals surface area (Å²) in [5, 5.41) is 3.87. The summed E-state index contributed by atoms with van der Waals surface area (Å²) in [6.45, 7) is 8.85. The first-order chi connectivity index (χ1) is 18.0. The standard InChI is InChI=1S/C30H24O8/c1-13-9-7-11-19-21(13)29(37-17(5)33)25-23(27(19)35-15(3)31)24-26(25)30(38-18(6)34)22-14(2)10-8-12-20(22)28(24)36-16(4)32/h7-12H,1-6H3. The number of hydrogen-bond acceptors (Lipinski definition) is 8. The van der Waals surface area contributed by atoms with E-state index in [9.17, 15) is 19.2 Å². The van der Waals surface area contributed by atoms with Crippen LogP contribution < -0.4 is 18.9 Å². The van der Waals surface area contributed by atoms with Crippen LogP contribution in [0.2, 0.25) is 0 Å². The van der Waals surface area contributed by atoms with Gasteiger partial charge in [-0.2, -0.15) is 0 Å². The van der Waals surface area contributed by atoms with E-state index in [4.69, 9.17) is 18.9 Å². The van der Waals surface area contributed by atoms with Gasteiger partial charge < -0.3 is 18.9 Å². The maximum atomic E-state index is 12.3. The van der Waals surface area contributed by atoms with Gasteiger partial charge in [0.1, 0.15) is 23.0 Å². The van der Waals surface area contributed by atoms with Gasteiger partial charge in [0.05, 0.1) is 0 Å². The second-order valence-electron chi connectivity index (χ2n) is 9.19. The SMILES string of the molecule is CC(=O)Oc1c2c(c(OC(C)=O)c3c(C)cccc13)=c1c(OC(C)=O)c3c(C)cccc3c(OC(C)=O)c1=2. The fraction of sp³-hybridized carbons (Fsp3) is 0.200. The van der Waals surface area contributed by atoms with E-state index in [0.717, 1.165) is 11.1 Å². The molecule has 0 atom stereocenters. The number of hydrogen-bond donors (Lipinski definition) is 0. The topological polar surface area (TPSA) is 105 Å². The van der Waals surface area contributed by atoms with Gasteiger partial charge in [-0.3, -0.25) is 19.2 Å². The minimum absolute atomic E-state index is 0.226. The van der Waals surface area contributed by atoms with E-state index >= 15 is 0 Å². The lowest BCUT2D eigenvalue weighted by Crippen LogP contribution is -2.14. The normalized spacial score (nSPS) is 11.3. The lowest BCUT2D eigenvalue weighted by atomic mass is 9.89. The number of ether oxygens (including phenoxy) is 4. The van der Waals surface area contributed by atoms with E-state index in [1.165, 1.54) is 27.7 Å². The summed E-state index contributed by atoms with van der Waals surface area (Å²) in [5.74, 6) is -1.32. The molecule has 0 spiro atoms. The Bertz CT molecular complexity index is 1810. The van der Waals surface area contributed by atoms with E-state index in [1.54, 1.807) is 24.3 Å². The van der Waals surface area contributed by atoms with Crippen molar-refractivity contribution in [3.8, 4) is 23.0 Å². The number of fused-ring (bicyclic) bond motifs is 4. The smallest absolute Gasteiger partial charge is 0.308 e. The molecule has 8 nitrogen and oxygen atoms in total. The van der Waals surface area contributed by atoms with E-state index in [1.807, 2.05) is 26.0 Å². The van der Waals surface area contributed by atoms with Crippen molar-refractivity contribution < 1.29 is 38.1 Å². The Morgan fingerprint density at radius 2 is 0.763 bits per heavy atom. The molecule has 192 valence electrons. The third-order valence-electron chi connectivity index (χ3n) is 6.38. The molecular formula is C30H24O8. The van der Waals surface area contributed by atoms with E-state index in [-0.39, 0.29) is 23.0 Å². The molecule has 4 aromatic rings. The maximum Gasteiger partial charge on any atom is 0.308 e. The molecule has 4 aromatic carbocycles. The zero-order chi connectivity index (χ0) is 27.5. The van der Waals surface area contributed by atoms with Gasteiger partial charge in [0.25, 0.3) is 0 Å². The molecule has 0 radical (unpaired) electrons. The molecule has 38 heavy (non-hydrogen) atoms. The first-order valence-corrected chi connectivity index (χ1v) is 11.9. The number of carbonyl (C=O) groups is 4. The minimum Gasteiger partial charge on any atom is -0.425 e. The predicted octanol–water partition coefficient (Wildman–Crippen LogP) is 5.20. The molecule has 0 heterocycles. The highest BCUT2D eigenvalue weighted by molar-refractivity contribution is 6.02. The highest BCUT2D eigenvalue weighted by Crippen LogP contribution is 2.48. The van der Waals surface area contributed by atoms with Gasteiger partial charge in [0.2, 0.25) is 0 Å².